The van der Waals surface area contributed by atoms with Gasteiger partial charge in [-0.05, 0) is 37.1 Å². The Bertz CT molecular complexity index is 546. The van der Waals surface area contributed by atoms with Crippen molar-refractivity contribution < 1.29 is 14.3 Å². The summed E-state index contributed by atoms with van der Waals surface area (Å²) in [6.07, 6.45) is 1.58. The summed E-state index contributed by atoms with van der Waals surface area (Å²) in [5.41, 5.74) is 0.240. The third kappa shape index (κ3) is 3.59. The summed E-state index contributed by atoms with van der Waals surface area (Å²) in [4.78, 5) is 26.6. The van der Waals surface area contributed by atoms with E-state index in [1.807, 2.05) is 20.8 Å². The monoisotopic (exact) mass is 304 g/mol. The maximum atomic E-state index is 12.5. The first-order chi connectivity index (χ1) is 10.3. The summed E-state index contributed by atoms with van der Waals surface area (Å²) >= 11 is 0. The second-order valence-corrected chi connectivity index (χ2v) is 6.62. The van der Waals surface area contributed by atoms with Gasteiger partial charge in [-0.1, -0.05) is 20.8 Å². The van der Waals surface area contributed by atoms with E-state index in [1.165, 1.54) is 0 Å². The molecule has 0 aliphatic carbocycles. The molecule has 1 unspecified atom stereocenters. The van der Waals surface area contributed by atoms with Crippen LogP contribution < -0.4 is 10.1 Å². The van der Waals surface area contributed by atoms with E-state index < -0.39 is 5.41 Å². The summed E-state index contributed by atoms with van der Waals surface area (Å²) in [6.45, 7) is 6.29. The van der Waals surface area contributed by atoms with E-state index in [0.717, 1.165) is 12.2 Å². The quantitative estimate of drug-likeness (QED) is 0.934. The van der Waals surface area contributed by atoms with Gasteiger partial charge in [0.1, 0.15) is 11.8 Å². The molecule has 0 spiro atoms. The Labute approximate surface area is 131 Å². The zero-order valence-electron chi connectivity index (χ0n) is 13.7. The van der Waals surface area contributed by atoms with Crippen LogP contribution in [0.3, 0.4) is 0 Å². The minimum Gasteiger partial charge on any atom is -0.497 e. The largest absolute Gasteiger partial charge is 0.497 e. The first-order valence-electron chi connectivity index (χ1n) is 7.59. The van der Waals surface area contributed by atoms with Crippen LogP contribution in [-0.2, 0) is 9.59 Å². The van der Waals surface area contributed by atoms with Crippen LogP contribution in [0.1, 0.15) is 33.6 Å². The van der Waals surface area contributed by atoms with Gasteiger partial charge in [0.25, 0.3) is 0 Å². The van der Waals surface area contributed by atoms with Crippen LogP contribution in [-0.4, -0.2) is 36.4 Å². The second-order valence-electron chi connectivity index (χ2n) is 6.62. The number of likely N-dealkylation sites (tertiary alicyclic amines) is 1. The molecule has 1 heterocycles. The lowest BCUT2D eigenvalue weighted by Gasteiger charge is -2.30. The standard InChI is InChI=1S/C17H24N2O3/c1-17(2,3)16(21)19-11-5-6-14(19)15(20)18-12-7-9-13(22-4)10-8-12/h7-10,14H,5-6,11H2,1-4H3,(H,18,20). The molecule has 5 nitrogen and oxygen atoms in total. The Morgan fingerprint density at radius 2 is 1.86 bits per heavy atom. The number of methoxy groups -OCH3 is 1. The zero-order valence-corrected chi connectivity index (χ0v) is 13.7. The third-order valence-electron chi connectivity index (χ3n) is 3.82. The number of benzene rings is 1. The van der Waals surface area contributed by atoms with Gasteiger partial charge in [0.2, 0.25) is 11.8 Å². The summed E-state index contributed by atoms with van der Waals surface area (Å²) in [5, 5.41) is 2.88. The highest BCUT2D eigenvalue weighted by Gasteiger charge is 2.38. The second kappa shape index (κ2) is 6.38. The molecule has 0 bridgehead atoms. The van der Waals surface area contributed by atoms with Crippen molar-refractivity contribution in [1.82, 2.24) is 4.90 Å². The number of ether oxygens (including phenoxy) is 1. The van der Waals surface area contributed by atoms with Gasteiger partial charge in [-0.3, -0.25) is 9.59 Å². The number of nitrogens with zero attached hydrogens (tertiary/aromatic N) is 1. The molecule has 2 rings (SSSR count). The fourth-order valence-corrected chi connectivity index (χ4v) is 2.61. The van der Waals surface area contributed by atoms with Crippen molar-refractivity contribution in [2.24, 2.45) is 5.41 Å². The number of hydrogen-bond acceptors (Lipinski definition) is 3. The topological polar surface area (TPSA) is 58.6 Å². The van der Waals surface area contributed by atoms with E-state index in [-0.39, 0.29) is 17.9 Å². The van der Waals surface area contributed by atoms with Crippen LogP contribution >= 0.6 is 0 Å². The maximum Gasteiger partial charge on any atom is 0.247 e. The molecule has 1 aliphatic heterocycles. The highest BCUT2D eigenvalue weighted by Crippen LogP contribution is 2.26. The fourth-order valence-electron chi connectivity index (χ4n) is 2.61. The molecule has 0 aromatic heterocycles. The Balaban J connectivity index is 2.06. The van der Waals surface area contributed by atoms with Crippen LogP contribution in [0, 0.1) is 5.41 Å². The van der Waals surface area contributed by atoms with Crippen LogP contribution in [0.5, 0.6) is 5.75 Å². The van der Waals surface area contributed by atoms with Crippen molar-refractivity contribution in [3.05, 3.63) is 24.3 Å². The average Bonchev–Trinajstić information content (AvgIpc) is 2.95. The van der Waals surface area contributed by atoms with Gasteiger partial charge >= 0.3 is 0 Å². The Morgan fingerprint density at radius 3 is 2.41 bits per heavy atom. The van der Waals surface area contributed by atoms with Gasteiger partial charge in [-0.15, -0.1) is 0 Å². The SMILES string of the molecule is COc1ccc(NC(=O)C2CCCN2C(=O)C(C)(C)C)cc1. The molecule has 5 heteroatoms. The number of hydrogen-bond donors (Lipinski definition) is 1. The average molecular weight is 304 g/mol. The van der Waals surface area contributed by atoms with Gasteiger partial charge in [0.05, 0.1) is 7.11 Å². The van der Waals surface area contributed by atoms with Gasteiger partial charge in [0, 0.05) is 17.6 Å². The van der Waals surface area contributed by atoms with Crippen molar-refractivity contribution in [2.45, 2.75) is 39.7 Å². The molecule has 1 atom stereocenters. The number of rotatable bonds is 3. The molecule has 0 radical (unpaired) electrons. The van der Waals surface area contributed by atoms with E-state index in [2.05, 4.69) is 5.32 Å². The van der Waals surface area contributed by atoms with Crippen molar-refractivity contribution in [3.63, 3.8) is 0 Å². The number of anilines is 1. The summed E-state index contributed by atoms with van der Waals surface area (Å²) in [6, 6.07) is 6.79. The molecule has 2 amide bonds. The summed E-state index contributed by atoms with van der Waals surface area (Å²) in [5.74, 6) is 0.642. The van der Waals surface area contributed by atoms with Crippen molar-refractivity contribution in [3.8, 4) is 5.75 Å². The fraction of sp³-hybridized carbons (Fsp3) is 0.529. The highest BCUT2D eigenvalue weighted by atomic mass is 16.5. The van der Waals surface area contributed by atoms with E-state index in [9.17, 15) is 9.59 Å². The summed E-state index contributed by atoms with van der Waals surface area (Å²) < 4.78 is 5.09. The Hall–Kier alpha value is -2.04. The lowest BCUT2D eigenvalue weighted by molar-refractivity contribution is -0.143. The Morgan fingerprint density at radius 1 is 1.23 bits per heavy atom. The molecule has 0 saturated carbocycles. The molecular weight excluding hydrogens is 280 g/mol. The van der Waals surface area contributed by atoms with Gasteiger partial charge in [-0.2, -0.15) is 0 Å². The molecule has 1 N–H and O–H groups in total. The third-order valence-corrected chi connectivity index (χ3v) is 3.82. The summed E-state index contributed by atoms with van der Waals surface area (Å²) in [7, 11) is 1.60. The Kier molecular flexibility index (Phi) is 4.74. The lowest BCUT2D eigenvalue weighted by Crippen LogP contribution is -2.47. The molecule has 22 heavy (non-hydrogen) atoms. The molecule has 1 aromatic carbocycles. The first kappa shape index (κ1) is 16.3. The van der Waals surface area contributed by atoms with Gasteiger partial charge in [-0.25, -0.2) is 0 Å². The van der Waals surface area contributed by atoms with Crippen LogP contribution in [0.4, 0.5) is 5.69 Å². The molecule has 1 saturated heterocycles. The zero-order chi connectivity index (χ0) is 16.3. The molecule has 1 aromatic rings. The van der Waals surface area contributed by atoms with Crippen LogP contribution in [0.25, 0.3) is 0 Å². The lowest BCUT2D eigenvalue weighted by atomic mass is 9.94. The normalized spacial score (nSPS) is 18.2. The number of nitrogens with one attached hydrogen (secondary N) is 1. The van der Waals surface area contributed by atoms with E-state index in [1.54, 1.807) is 36.3 Å². The number of carbonyl (C=O) groups is 2. The highest BCUT2D eigenvalue weighted by molar-refractivity contribution is 5.98. The maximum absolute atomic E-state index is 12.5. The molecule has 1 fully saturated rings. The van der Waals surface area contributed by atoms with Crippen LogP contribution in [0.15, 0.2) is 24.3 Å². The van der Waals surface area contributed by atoms with Crippen molar-refractivity contribution >= 4 is 17.5 Å². The molecular formula is C17H24N2O3. The predicted molar refractivity (Wildman–Crippen MR) is 85.8 cm³/mol. The van der Waals surface area contributed by atoms with Crippen LogP contribution in [0.2, 0.25) is 0 Å². The minimum absolute atomic E-state index is 0.0277. The smallest absolute Gasteiger partial charge is 0.247 e. The molecule has 1 aliphatic rings. The van der Waals surface area contributed by atoms with E-state index >= 15 is 0 Å². The predicted octanol–water partition coefficient (Wildman–Crippen LogP) is 2.67. The van der Waals surface area contributed by atoms with Gasteiger partial charge in [0.15, 0.2) is 0 Å². The number of amides is 2. The van der Waals surface area contributed by atoms with Crippen molar-refractivity contribution in [2.75, 3.05) is 19.0 Å². The van der Waals surface area contributed by atoms with E-state index in [4.69, 9.17) is 4.74 Å². The van der Waals surface area contributed by atoms with E-state index in [0.29, 0.717) is 18.7 Å². The van der Waals surface area contributed by atoms with Crippen molar-refractivity contribution in [1.29, 1.82) is 0 Å². The molecule has 120 valence electrons. The first-order valence-corrected chi connectivity index (χ1v) is 7.59. The minimum atomic E-state index is -0.469. The van der Waals surface area contributed by atoms with Gasteiger partial charge < -0.3 is 15.0 Å². The number of carbonyl (C=O) groups excluding carboxylic acids is 2.